The van der Waals surface area contributed by atoms with E-state index in [1.807, 2.05) is 128 Å². The Morgan fingerprint density at radius 3 is 1.46 bits per heavy atom. The molecule has 6 amide bonds. The highest BCUT2D eigenvalue weighted by Crippen LogP contribution is 2.30. The molecule has 0 aliphatic carbocycles. The maximum atomic E-state index is 13.0. The van der Waals surface area contributed by atoms with Gasteiger partial charge < -0.3 is 14.5 Å². The zero-order valence-corrected chi connectivity index (χ0v) is 41.1. The molecule has 2 unspecified atom stereocenters. The molecule has 2 N–H and O–H groups in total. The second-order valence-electron chi connectivity index (χ2n) is 17.1. The summed E-state index contributed by atoms with van der Waals surface area (Å²) in [4.78, 5) is 75.3. The molecule has 0 radical (unpaired) electrons. The van der Waals surface area contributed by atoms with Gasteiger partial charge in [0.05, 0.1) is 23.5 Å². The van der Waals surface area contributed by atoms with Crippen molar-refractivity contribution in [1.82, 2.24) is 10.6 Å². The van der Waals surface area contributed by atoms with Crippen molar-refractivity contribution < 1.29 is 33.5 Å². The molecule has 2 fully saturated rings. The van der Waals surface area contributed by atoms with E-state index in [1.165, 1.54) is 25.7 Å². The first-order valence-corrected chi connectivity index (χ1v) is 25.3. The van der Waals surface area contributed by atoms with Crippen LogP contribution in [0.5, 0.6) is 5.75 Å². The number of imide groups is 2. The Labute approximate surface area is 409 Å². The van der Waals surface area contributed by atoms with Crippen molar-refractivity contribution in [2.24, 2.45) is 0 Å². The molecule has 356 valence electrons. The van der Waals surface area contributed by atoms with Gasteiger partial charge in [-0.25, -0.2) is 0 Å². The monoisotopic (exact) mass is 954 g/mol. The van der Waals surface area contributed by atoms with Crippen molar-refractivity contribution in [3.63, 3.8) is 0 Å². The zero-order valence-electron chi connectivity index (χ0n) is 39.5. The number of hydrogen-bond acceptors (Lipinski definition) is 9. The minimum absolute atomic E-state index is 0.00374. The number of nitrogens with zero attached hydrogens (tertiary/aromatic N) is 2. The first-order valence-electron chi connectivity index (χ1n) is 23.6. The molecule has 5 aromatic rings. The van der Waals surface area contributed by atoms with Crippen LogP contribution in [-0.2, 0) is 38.4 Å². The number of thioether (sulfide) groups is 2. The second kappa shape index (κ2) is 25.8. The van der Waals surface area contributed by atoms with Crippen LogP contribution < -0.4 is 25.2 Å². The van der Waals surface area contributed by atoms with Gasteiger partial charge in [-0.1, -0.05) is 161 Å². The van der Waals surface area contributed by atoms with Crippen LogP contribution in [0.4, 0.5) is 21.0 Å². The Kier molecular flexibility index (Phi) is 19.4. The third kappa shape index (κ3) is 15.2. The van der Waals surface area contributed by atoms with Crippen LogP contribution >= 0.6 is 23.5 Å². The lowest BCUT2D eigenvalue weighted by molar-refractivity contribution is -0.119. The lowest BCUT2D eigenvalue weighted by Crippen LogP contribution is -2.27. The first kappa shape index (κ1) is 51.2. The average Bonchev–Trinajstić information content (AvgIpc) is 3.85. The van der Waals surface area contributed by atoms with Crippen molar-refractivity contribution in [1.29, 1.82) is 0 Å². The molecule has 13 heteroatoms. The third-order valence-corrected chi connectivity index (χ3v) is 13.9. The number of ether oxygens (including phenoxy) is 1. The number of anilines is 2. The molecule has 0 aromatic heterocycles. The number of amides is 6. The van der Waals surface area contributed by atoms with Crippen molar-refractivity contribution in [2.75, 3.05) is 30.5 Å². The summed E-state index contributed by atoms with van der Waals surface area (Å²) in [5.41, 5.74) is 8.75. The molecule has 7 rings (SSSR count). The standard InChI is InChI=1S/C29H30N2O4S.C26H32N2O3S/c1-3-4-16-35-25-14-10-21(11-15-25)18-27(32)31(2)24-7-5-6-23(19-24)22-12-8-20(9-13-22)17-26-28(33)30-29(34)36-26;1-3-4-5-6-7-8-12-24(29)28(2)22-11-9-10-21(18-22)20-15-13-19(14-16-20)17-23-25(30)27-26(31)32-23/h5-15,19,26H,3-4,16-18H2,1-2H3,(H,30,33,34);9-11,13-16,18,23H,3-8,12,17H2,1-2H3,(H,27,30,31). The molecule has 0 spiro atoms. The number of unbranched alkanes of at least 4 members (excludes halogenated alkanes) is 6. The van der Waals surface area contributed by atoms with Crippen LogP contribution in [0.25, 0.3) is 22.3 Å². The number of nitrogens with one attached hydrogen (secondary N) is 2. The van der Waals surface area contributed by atoms with Gasteiger partial charge in [-0.05, 0) is 101 Å². The van der Waals surface area contributed by atoms with Crippen LogP contribution in [0.3, 0.4) is 0 Å². The van der Waals surface area contributed by atoms with E-state index in [-0.39, 0.29) is 44.6 Å². The molecule has 11 nitrogen and oxygen atoms in total. The highest BCUT2D eigenvalue weighted by molar-refractivity contribution is 8.15. The molecule has 68 heavy (non-hydrogen) atoms. The summed E-state index contributed by atoms with van der Waals surface area (Å²) in [6.07, 6.45) is 11.1. The number of rotatable bonds is 21. The van der Waals surface area contributed by atoms with Crippen LogP contribution in [-0.4, -0.2) is 65.3 Å². The maximum Gasteiger partial charge on any atom is 0.286 e. The molecule has 0 saturated carbocycles. The van der Waals surface area contributed by atoms with Crippen molar-refractivity contribution in [3.8, 4) is 28.0 Å². The van der Waals surface area contributed by atoms with Crippen LogP contribution in [0, 0.1) is 0 Å². The molecule has 2 heterocycles. The predicted octanol–water partition coefficient (Wildman–Crippen LogP) is 11.6. The highest BCUT2D eigenvalue weighted by atomic mass is 32.2. The fraction of sp³-hybridized carbons (Fsp3) is 0.345. The summed E-state index contributed by atoms with van der Waals surface area (Å²) in [6, 6.07) is 39.5. The number of carbonyl (C=O) groups is 6. The lowest BCUT2D eigenvalue weighted by atomic mass is 10.0. The summed E-state index contributed by atoms with van der Waals surface area (Å²) in [7, 11) is 3.63. The van der Waals surface area contributed by atoms with Crippen molar-refractivity contribution >= 4 is 69.0 Å². The topological polar surface area (TPSA) is 142 Å². The van der Waals surface area contributed by atoms with Crippen LogP contribution in [0.1, 0.15) is 88.3 Å². The molecule has 2 saturated heterocycles. The largest absolute Gasteiger partial charge is 0.494 e. The number of benzene rings is 5. The van der Waals surface area contributed by atoms with Gasteiger partial charge in [0.1, 0.15) is 5.75 Å². The minimum Gasteiger partial charge on any atom is -0.494 e. The molecular formula is C55H62N4O7S2. The smallest absolute Gasteiger partial charge is 0.286 e. The van der Waals surface area contributed by atoms with E-state index in [4.69, 9.17) is 4.74 Å². The average molecular weight is 955 g/mol. The molecule has 2 atom stereocenters. The quantitative estimate of drug-likeness (QED) is 0.0687. The summed E-state index contributed by atoms with van der Waals surface area (Å²) in [5.74, 6) is 0.528. The molecule has 2 aliphatic rings. The van der Waals surface area contributed by atoms with E-state index in [2.05, 4.69) is 24.5 Å². The Morgan fingerprint density at radius 2 is 0.985 bits per heavy atom. The van der Waals surface area contributed by atoms with Gasteiger partial charge in [0.15, 0.2) is 0 Å². The highest BCUT2D eigenvalue weighted by Gasteiger charge is 2.32. The van der Waals surface area contributed by atoms with E-state index < -0.39 is 0 Å². The summed E-state index contributed by atoms with van der Waals surface area (Å²) >= 11 is 2.09. The van der Waals surface area contributed by atoms with E-state index >= 15 is 0 Å². The summed E-state index contributed by atoms with van der Waals surface area (Å²) in [5, 5.41) is 3.35. The fourth-order valence-electron chi connectivity index (χ4n) is 7.78. The molecule has 2 aliphatic heterocycles. The van der Waals surface area contributed by atoms with Crippen LogP contribution in [0.15, 0.2) is 121 Å². The maximum absolute atomic E-state index is 13.0. The molecular weight excluding hydrogens is 893 g/mol. The fourth-order valence-corrected chi connectivity index (χ4v) is 9.50. The van der Waals surface area contributed by atoms with Crippen LogP contribution in [0.2, 0.25) is 0 Å². The van der Waals surface area contributed by atoms with Crippen molar-refractivity contribution in [2.45, 2.75) is 101 Å². The first-order chi connectivity index (χ1) is 32.9. The van der Waals surface area contributed by atoms with Gasteiger partial charge in [-0.3, -0.25) is 39.4 Å². The Hall–Kier alpha value is -6.18. The SMILES string of the molecule is CCCCCCCCC(=O)N(C)c1cccc(-c2ccc(CC3SC(=O)NC3=O)cc2)c1.CCCCOc1ccc(CC(=O)N(C)c2cccc(-c3ccc(CC4SC(=O)NC4=O)cc3)c2)cc1. The summed E-state index contributed by atoms with van der Waals surface area (Å²) in [6.45, 7) is 5.04. The normalized spacial score (nSPS) is 15.3. The third-order valence-electron chi connectivity index (χ3n) is 12.0. The van der Waals surface area contributed by atoms with E-state index in [0.29, 0.717) is 32.3 Å². The summed E-state index contributed by atoms with van der Waals surface area (Å²) < 4.78 is 5.70. The van der Waals surface area contributed by atoms with E-state index in [0.717, 1.165) is 105 Å². The minimum atomic E-state index is -0.379. The number of carbonyl (C=O) groups excluding carboxylic acids is 6. The van der Waals surface area contributed by atoms with Crippen molar-refractivity contribution in [3.05, 3.63) is 138 Å². The zero-order chi connectivity index (χ0) is 48.4. The van der Waals surface area contributed by atoms with E-state index in [1.54, 1.807) is 16.8 Å². The van der Waals surface area contributed by atoms with E-state index in [9.17, 15) is 28.8 Å². The Morgan fingerprint density at radius 1 is 0.529 bits per heavy atom. The molecule has 0 bridgehead atoms. The van der Waals surface area contributed by atoms with Gasteiger partial charge in [-0.15, -0.1) is 0 Å². The van der Waals surface area contributed by atoms with Gasteiger partial charge in [0.25, 0.3) is 10.5 Å². The molecule has 5 aromatic carbocycles. The van der Waals surface area contributed by atoms with Gasteiger partial charge in [0.2, 0.25) is 23.6 Å². The lowest BCUT2D eigenvalue weighted by Gasteiger charge is -2.19. The second-order valence-corrected chi connectivity index (χ2v) is 19.5. The number of likely N-dealkylation sites (N-methyl/N-ethyl adjacent to an activating group) is 1. The van der Waals surface area contributed by atoms with Gasteiger partial charge >= 0.3 is 0 Å². The van der Waals surface area contributed by atoms with Gasteiger partial charge in [-0.2, -0.15) is 0 Å². The predicted molar refractivity (Wildman–Crippen MR) is 276 cm³/mol. The number of hydrogen-bond donors (Lipinski definition) is 2. The Balaban J connectivity index is 0.000000226. The Bertz CT molecular complexity index is 2510. The van der Waals surface area contributed by atoms with Gasteiger partial charge in [0, 0.05) is 31.9 Å².